The first-order chi connectivity index (χ1) is 9.11. The normalized spacial score (nSPS) is 23.1. The highest BCUT2D eigenvalue weighted by Crippen LogP contribution is 2.32. The lowest BCUT2D eigenvalue weighted by Gasteiger charge is -2.12. The lowest BCUT2D eigenvalue weighted by molar-refractivity contribution is 0.536. The van der Waals surface area contributed by atoms with Crippen molar-refractivity contribution >= 4 is 39.0 Å². The lowest BCUT2D eigenvalue weighted by Crippen LogP contribution is -2.12. The van der Waals surface area contributed by atoms with Crippen molar-refractivity contribution in [1.29, 1.82) is 0 Å². The summed E-state index contributed by atoms with van der Waals surface area (Å²) in [5.41, 5.74) is 0. The van der Waals surface area contributed by atoms with Crippen LogP contribution in [0.15, 0.2) is 6.07 Å². The van der Waals surface area contributed by atoms with E-state index in [1.807, 2.05) is 0 Å². The Labute approximate surface area is 122 Å². The van der Waals surface area contributed by atoms with E-state index in [0.29, 0.717) is 5.28 Å². The third-order valence-corrected chi connectivity index (χ3v) is 4.96. The Morgan fingerprint density at radius 1 is 1.42 bits per heavy atom. The molecule has 2 unspecified atom stereocenters. The van der Waals surface area contributed by atoms with Crippen LogP contribution in [0.4, 0.5) is 5.82 Å². The smallest absolute Gasteiger partial charge is 0.225 e. The molecule has 1 fully saturated rings. The largest absolute Gasteiger partial charge is 0.369 e. The number of anilines is 1. The molecule has 1 aliphatic carbocycles. The van der Waals surface area contributed by atoms with Crippen molar-refractivity contribution in [3.05, 3.63) is 16.2 Å². The van der Waals surface area contributed by atoms with Gasteiger partial charge in [0.2, 0.25) is 5.28 Å². The minimum Gasteiger partial charge on any atom is -0.369 e. The highest BCUT2D eigenvalue weighted by atomic mass is 35.5. The third-order valence-electron chi connectivity index (χ3n) is 3.85. The number of hydrogen-bond acceptors (Lipinski definition) is 4. The van der Waals surface area contributed by atoms with Crippen molar-refractivity contribution in [2.24, 2.45) is 11.8 Å². The zero-order valence-electron chi connectivity index (χ0n) is 11.2. The van der Waals surface area contributed by atoms with Gasteiger partial charge < -0.3 is 5.32 Å². The zero-order chi connectivity index (χ0) is 13.4. The highest BCUT2D eigenvalue weighted by molar-refractivity contribution is 7.18. The van der Waals surface area contributed by atoms with E-state index in [0.717, 1.165) is 34.4 Å². The summed E-state index contributed by atoms with van der Waals surface area (Å²) in [5.74, 6) is 2.52. The maximum atomic E-state index is 6.00. The van der Waals surface area contributed by atoms with Gasteiger partial charge in [-0.25, -0.2) is 9.97 Å². The van der Waals surface area contributed by atoms with Gasteiger partial charge in [0, 0.05) is 11.4 Å². The number of hydrogen-bond donors (Lipinski definition) is 1. The molecule has 5 heteroatoms. The predicted molar refractivity (Wildman–Crippen MR) is 82.2 cm³/mol. The van der Waals surface area contributed by atoms with Gasteiger partial charge in [-0.2, -0.15) is 0 Å². The molecule has 2 atom stereocenters. The summed E-state index contributed by atoms with van der Waals surface area (Å²) in [4.78, 5) is 10.8. The molecular weight excluding hydrogens is 278 g/mol. The van der Waals surface area contributed by atoms with Gasteiger partial charge >= 0.3 is 0 Å². The Morgan fingerprint density at radius 3 is 3.00 bits per heavy atom. The first kappa shape index (κ1) is 13.1. The maximum absolute atomic E-state index is 6.00. The fraction of sp³-hybridized carbons (Fsp3) is 0.571. The number of thiophene rings is 1. The fourth-order valence-corrected chi connectivity index (χ4v) is 4.00. The van der Waals surface area contributed by atoms with Gasteiger partial charge in [0.05, 0.1) is 5.39 Å². The van der Waals surface area contributed by atoms with Gasteiger partial charge in [-0.05, 0) is 49.3 Å². The van der Waals surface area contributed by atoms with E-state index in [-0.39, 0.29) is 0 Å². The summed E-state index contributed by atoms with van der Waals surface area (Å²) in [7, 11) is 0. The molecule has 0 aromatic carbocycles. The van der Waals surface area contributed by atoms with Crippen LogP contribution in [0, 0.1) is 18.8 Å². The summed E-state index contributed by atoms with van der Waals surface area (Å²) < 4.78 is 0. The van der Waals surface area contributed by atoms with Crippen molar-refractivity contribution in [2.45, 2.75) is 33.1 Å². The van der Waals surface area contributed by atoms with E-state index in [9.17, 15) is 0 Å². The molecule has 0 amide bonds. The molecule has 2 heterocycles. The van der Waals surface area contributed by atoms with E-state index in [2.05, 4.69) is 35.2 Å². The molecule has 2 aromatic rings. The molecule has 0 spiro atoms. The van der Waals surface area contributed by atoms with Crippen LogP contribution >= 0.6 is 22.9 Å². The van der Waals surface area contributed by atoms with E-state index in [1.54, 1.807) is 11.3 Å². The SMILES string of the molecule is Cc1cc2c(NCC3CCC(C)C3)nc(Cl)nc2s1. The Kier molecular flexibility index (Phi) is 3.63. The number of nitrogens with one attached hydrogen (secondary N) is 1. The molecule has 1 saturated carbocycles. The van der Waals surface area contributed by atoms with Gasteiger partial charge in [-0.1, -0.05) is 13.3 Å². The van der Waals surface area contributed by atoms with Gasteiger partial charge in [0.15, 0.2) is 0 Å². The van der Waals surface area contributed by atoms with E-state index in [4.69, 9.17) is 11.6 Å². The van der Waals surface area contributed by atoms with Crippen molar-refractivity contribution < 1.29 is 0 Å². The summed E-state index contributed by atoms with van der Waals surface area (Å²) in [6.45, 7) is 5.41. The summed E-state index contributed by atoms with van der Waals surface area (Å²) in [6.07, 6.45) is 3.99. The van der Waals surface area contributed by atoms with Crippen LogP contribution in [0.3, 0.4) is 0 Å². The van der Waals surface area contributed by atoms with Gasteiger partial charge in [-0.15, -0.1) is 11.3 Å². The second-order valence-electron chi connectivity index (χ2n) is 5.58. The van der Waals surface area contributed by atoms with Gasteiger partial charge in [0.1, 0.15) is 10.6 Å². The number of halogens is 1. The minimum atomic E-state index is 0.330. The average Bonchev–Trinajstić information content (AvgIpc) is 2.91. The average molecular weight is 296 g/mol. The number of aryl methyl sites for hydroxylation is 1. The number of rotatable bonds is 3. The van der Waals surface area contributed by atoms with Crippen LogP contribution in [0.1, 0.15) is 31.1 Å². The second kappa shape index (κ2) is 5.25. The molecule has 3 rings (SSSR count). The molecule has 0 saturated heterocycles. The molecule has 1 N–H and O–H groups in total. The summed E-state index contributed by atoms with van der Waals surface area (Å²) in [6, 6.07) is 2.13. The third kappa shape index (κ3) is 2.84. The van der Waals surface area contributed by atoms with E-state index < -0.39 is 0 Å². The molecule has 0 aliphatic heterocycles. The second-order valence-corrected chi connectivity index (χ2v) is 7.16. The van der Waals surface area contributed by atoms with Crippen LogP contribution < -0.4 is 5.32 Å². The molecule has 1 aliphatic rings. The molecule has 19 heavy (non-hydrogen) atoms. The number of nitrogens with zero attached hydrogens (tertiary/aromatic N) is 2. The van der Waals surface area contributed by atoms with Crippen LogP contribution in [-0.4, -0.2) is 16.5 Å². The Morgan fingerprint density at radius 2 is 2.26 bits per heavy atom. The summed E-state index contributed by atoms with van der Waals surface area (Å²) >= 11 is 7.66. The van der Waals surface area contributed by atoms with Gasteiger partial charge in [0.25, 0.3) is 0 Å². The van der Waals surface area contributed by atoms with Crippen molar-refractivity contribution in [2.75, 3.05) is 11.9 Å². The molecule has 0 radical (unpaired) electrons. The summed E-state index contributed by atoms with van der Waals surface area (Å²) in [5, 5.41) is 4.90. The lowest BCUT2D eigenvalue weighted by atomic mass is 10.1. The molecule has 3 nitrogen and oxygen atoms in total. The molecule has 0 bridgehead atoms. The zero-order valence-corrected chi connectivity index (χ0v) is 12.8. The molecule has 2 aromatic heterocycles. The Balaban J connectivity index is 1.80. The first-order valence-corrected chi connectivity index (χ1v) is 7.99. The molecule has 102 valence electrons. The number of aromatic nitrogens is 2. The quantitative estimate of drug-likeness (QED) is 0.847. The van der Waals surface area contributed by atoms with Crippen LogP contribution in [0.25, 0.3) is 10.2 Å². The maximum Gasteiger partial charge on any atom is 0.225 e. The molecular formula is C14H18ClN3S. The van der Waals surface area contributed by atoms with Gasteiger partial charge in [-0.3, -0.25) is 0 Å². The standard InChI is InChI=1S/C14H18ClN3S/c1-8-3-4-10(5-8)7-16-12-11-6-9(2)19-13(11)18-14(15)17-12/h6,8,10H,3-5,7H2,1-2H3,(H,16,17,18). The van der Waals surface area contributed by atoms with Crippen molar-refractivity contribution in [3.8, 4) is 0 Å². The fourth-order valence-electron chi connectivity index (χ4n) is 2.90. The Hall–Kier alpha value is -0.870. The topological polar surface area (TPSA) is 37.8 Å². The first-order valence-electron chi connectivity index (χ1n) is 6.79. The van der Waals surface area contributed by atoms with E-state index in [1.165, 1.54) is 24.1 Å². The van der Waals surface area contributed by atoms with Crippen molar-refractivity contribution in [1.82, 2.24) is 9.97 Å². The van der Waals surface area contributed by atoms with Crippen LogP contribution in [-0.2, 0) is 0 Å². The number of fused-ring (bicyclic) bond motifs is 1. The minimum absolute atomic E-state index is 0.330. The Bertz CT molecular complexity index is 596. The van der Waals surface area contributed by atoms with Crippen LogP contribution in [0.5, 0.6) is 0 Å². The van der Waals surface area contributed by atoms with Crippen LogP contribution in [0.2, 0.25) is 5.28 Å². The van der Waals surface area contributed by atoms with Crippen molar-refractivity contribution in [3.63, 3.8) is 0 Å². The monoisotopic (exact) mass is 295 g/mol. The highest BCUT2D eigenvalue weighted by Gasteiger charge is 2.21. The predicted octanol–water partition coefficient (Wildman–Crippen LogP) is 4.50. The van der Waals surface area contributed by atoms with E-state index >= 15 is 0 Å².